The predicted octanol–water partition coefficient (Wildman–Crippen LogP) is 2.98. The summed E-state index contributed by atoms with van der Waals surface area (Å²) < 4.78 is 27.5. The van der Waals surface area contributed by atoms with Gasteiger partial charge in [-0.05, 0) is 49.0 Å². The molecule has 1 heterocycles. The standard InChI is InChI=1S/C19H22ClN3O4S/c1-2-22-9-11-23(12-10-22)15-5-8-18(17(13-15)19(24)25)21-28(26,27)16-6-3-14(20)4-7-16/h3-8,13,21H,2,9-12H2,1H3,(H,24,25). The highest BCUT2D eigenvalue weighted by molar-refractivity contribution is 7.92. The number of nitrogens with zero attached hydrogens (tertiary/aromatic N) is 2. The molecule has 2 aromatic rings. The summed E-state index contributed by atoms with van der Waals surface area (Å²) in [4.78, 5) is 16.2. The van der Waals surface area contributed by atoms with E-state index in [9.17, 15) is 18.3 Å². The average Bonchev–Trinajstić information content (AvgIpc) is 2.68. The zero-order valence-electron chi connectivity index (χ0n) is 15.4. The molecule has 3 rings (SSSR count). The van der Waals surface area contributed by atoms with Crippen LogP contribution in [0.5, 0.6) is 0 Å². The van der Waals surface area contributed by atoms with Crippen LogP contribution in [-0.2, 0) is 10.0 Å². The zero-order chi connectivity index (χ0) is 20.3. The Balaban J connectivity index is 1.85. The molecule has 0 bridgehead atoms. The highest BCUT2D eigenvalue weighted by Gasteiger charge is 2.21. The van der Waals surface area contributed by atoms with Gasteiger partial charge in [-0.25, -0.2) is 13.2 Å². The molecule has 0 radical (unpaired) electrons. The fourth-order valence-corrected chi connectivity index (χ4v) is 4.34. The molecule has 9 heteroatoms. The maximum absolute atomic E-state index is 12.6. The van der Waals surface area contributed by atoms with Crippen molar-refractivity contribution in [1.29, 1.82) is 0 Å². The van der Waals surface area contributed by atoms with Gasteiger partial charge in [0, 0.05) is 36.9 Å². The van der Waals surface area contributed by atoms with Gasteiger partial charge in [-0.3, -0.25) is 4.72 Å². The van der Waals surface area contributed by atoms with Crippen LogP contribution in [0.1, 0.15) is 17.3 Å². The summed E-state index contributed by atoms with van der Waals surface area (Å²) in [5, 5.41) is 10.0. The van der Waals surface area contributed by atoms with Gasteiger partial charge in [-0.15, -0.1) is 0 Å². The van der Waals surface area contributed by atoms with Crippen molar-refractivity contribution in [3.63, 3.8) is 0 Å². The largest absolute Gasteiger partial charge is 0.478 e. The number of nitrogens with one attached hydrogen (secondary N) is 1. The maximum atomic E-state index is 12.6. The number of carboxylic acid groups (broad SMARTS) is 1. The van der Waals surface area contributed by atoms with Gasteiger partial charge in [0.05, 0.1) is 16.1 Å². The van der Waals surface area contributed by atoms with E-state index >= 15 is 0 Å². The van der Waals surface area contributed by atoms with Crippen molar-refractivity contribution in [2.45, 2.75) is 11.8 Å². The van der Waals surface area contributed by atoms with Gasteiger partial charge in [0.25, 0.3) is 10.0 Å². The van der Waals surface area contributed by atoms with Crippen molar-refractivity contribution >= 4 is 39.0 Å². The van der Waals surface area contributed by atoms with E-state index in [1.165, 1.54) is 36.4 Å². The van der Waals surface area contributed by atoms with E-state index in [4.69, 9.17) is 11.6 Å². The van der Waals surface area contributed by atoms with Gasteiger partial charge in [-0.2, -0.15) is 0 Å². The molecule has 1 saturated heterocycles. The molecule has 7 nitrogen and oxygen atoms in total. The lowest BCUT2D eigenvalue weighted by Gasteiger charge is -2.35. The molecule has 2 N–H and O–H groups in total. The smallest absolute Gasteiger partial charge is 0.337 e. The summed E-state index contributed by atoms with van der Waals surface area (Å²) in [6, 6.07) is 10.4. The third kappa shape index (κ3) is 4.57. The van der Waals surface area contributed by atoms with Crippen LogP contribution in [0.4, 0.5) is 11.4 Å². The summed E-state index contributed by atoms with van der Waals surface area (Å²) in [5.74, 6) is -1.19. The monoisotopic (exact) mass is 423 g/mol. The van der Waals surface area contributed by atoms with E-state index in [-0.39, 0.29) is 16.1 Å². The molecule has 1 fully saturated rings. The fraction of sp³-hybridized carbons (Fsp3) is 0.316. The number of piperazine rings is 1. The molecule has 0 aromatic heterocycles. The number of carbonyl (C=O) groups is 1. The van der Waals surface area contributed by atoms with Crippen LogP contribution in [0.3, 0.4) is 0 Å². The predicted molar refractivity (Wildman–Crippen MR) is 110 cm³/mol. The Kier molecular flexibility index (Phi) is 6.12. The third-order valence-corrected chi connectivity index (χ3v) is 6.42. The lowest BCUT2D eigenvalue weighted by atomic mass is 10.1. The fourth-order valence-electron chi connectivity index (χ4n) is 3.13. The normalized spacial score (nSPS) is 15.4. The van der Waals surface area contributed by atoms with Gasteiger partial charge >= 0.3 is 5.97 Å². The second-order valence-corrected chi connectivity index (χ2v) is 8.63. The van der Waals surface area contributed by atoms with Gasteiger partial charge in [0.1, 0.15) is 0 Å². The van der Waals surface area contributed by atoms with Crippen molar-refractivity contribution < 1.29 is 18.3 Å². The van der Waals surface area contributed by atoms with E-state index in [0.29, 0.717) is 5.02 Å². The summed E-state index contributed by atoms with van der Waals surface area (Å²) >= 11 is 5.80. The SMILES string of the molecule is CCN1CCN(c2ccc(NS(=O)(=O)c3ccc(Cl)cc3)c(C(=O)O)c2)CC1. The Morgan fingerprint density at radius 3 is 2.32 bits per heavy atom. The second-order valence-electron chi connectivity index (χ2n) is 6.52. The Labute approximate surface area is 169 Å². The Bertz CT molecular complexity index is 956. The van der Waals surface area contributed by atoms with E-state index in [0.717, 1.165) is 38.4 Å². The van der Waals surface area contributed by atoms with Crippen LogP contribution in [0.2, 0.25) is 5.02 Å². The summed E-state index contributed by atoms with van der Waals surface area (Å²) in [7, 11) is -3.93. The van der Waals surface area contributed by atoms with E-state index < -0.39 is 16.0 Å². The summed E-state index contributed by atoms with van der Waals surface area (Å²) in [5.41, 5.74) is 0.703. The number of carboxylic acids is 1. The van der Waals surface area contributed by atoms with Gasteiger partial charge in [-0.1, -0.05) is 18.5 Å². The number of sulfonamides is 1. The number of benzene rings is 2. The van der Waals surface area contributed by atoms with Crippen LogP contribution in [0.15, 0.2) is 47.4 Å². The Hall–Kier alpha value is -2.29. The number of rotatable bonds is 6. The number of likely N-dealkylation sites (N-methyl/N-ethyl adjacent to an activating group) is 1. The summed E-state index contributed by atoms with van der Waals surface area (Å²) in [6.07, 6.45) is 0. The Morgan fingerprint density at radius 2 is 1.75 bits per heavy atom. The summed E-state index contributed by atoms with van der Waals surface area (Å²) in [6.45, 7) is 6.50. The first-order chi connectivity index (χ1) is 13.3. The van der Waals surface area contributed by atoms with Crippen LogP contribution in [0, 0.1) is 0 Å². The van der Waals surface area contributed by atoms with Crippen LogP contribution >= 0.6 is 11.6 Å². The lowest BCUT2D eigenvalue weighted by molar-refractivity contribution is 0.0698. The topological polar surface area (TPSA) is 90.0 Å². The van der Waals surface area contributed by atoms with Gasteiger partial charge < -0.3 is 14.9 Å². The lowest BCUT2D eigenvalue weighted by Crippen LogP contribution is -2.46. The van der Waals surface area contributed by atoms with Gasteiger partial charge in [0.15, 0.2) is 0 Å². The zero-order valence-corrected chi connectivity index (χ0v) is 17.0. The van der Waals surface area contributed by atoms with Crippen LogP contribution in [0.25, 0.3) is 0 Å². The first kappa shape index (κ1) is 20.4. The van der Waals surface area contributed by atoms with Crippen molar-refractivity contribution in [2.75, 3.05) is 42.3 Å². The van der Waals surface area contributed by atoms with E-state index in [2.05, 4.69) is 21.4 Å². The minimum absolute atomic E-state index is 0.00741. The molecule has 0 spiro atoms. The highest BCUT2D eigenvalue weighted by atomic mass is 35.5. The third-order valence-electron chi connectivity index (χ3n) is 4.79. The molecular formula is C19H22ClN3O4S. The van der Waals surface area contributed by atoms with E-state index in [1.807, 2.05) is 0 Å². The molecule has 150 valence electrons. The number of hydrogen-bond acceptors (Lipinski definition) is 5. The van der Waals surface area contributed by atoms with Gasteiger partial charge in [0.2, 0.25) is 0 Å². The Morgan fingerprint density at radius 1 is 1.11 bits per heavy atom. The molecule has 28 heavy (non-hydrogen) atoms. The molecule has 1 aliphatic heterocycles. The quantitative estimate of drug-likeness (QED) is 0.742. The van der Waals surface area contributed by atoms with E-state index in [1.54, 1.807) is 6.07 Å². The molecule has 0 atom stereocenters. The first-order valence-electron chi connectivity index (χ1n) is 8.93. The molecular weight excluding hydrogens is 402 g/mol. The van der Waals surface area contributed by atoms with Crippen LogP contribution < -0.4 is 9.62 Å². The number of anilines is 2. The number of halogens is 1. The van der Waals surface area contributed by atoms with Crippen molar-refractivity contribution in [1.82, 2.24) is 4.90 Å². The molecule has 0 amide bonds. The second kappa shape index (κ2) is 8.38. The number of hydrogen-bond donors (Lipinski definition) is 2. The highest BCUT2D eigenvalue weighted by Crippen LogP contribution is 2.27. The van der Waals surface area contributed by atoms with Crippen molar-refractivity contribution in [2.24, 2.45) is 0 Å². The molecule has 0 unspecified atom stereocenters. The molecule has 0 aliphatic carbocycles. The molecule has 0 saturated carbocycles. The molecule has 1 aliphatic rings. The first-order valence-corrected chi connectivity index (χ1v) is 10.8. The minimum atomic E-state index is -3.93. The number of aromatic carboxylic acids is 1. The molecule has 2 aromatic carbocycles. The van der Waals surface area contributed by atoms with Crippen molar-refractivity contribution in [3.05, 3.63) is 53.1 Å². The average molecular weight is 424 g/mol. The van der Waals surface area contributed by atoms with Crippen molar-refractivity contribution in [3.8, 4) is 0 Å². The van der Waals surface area contributed by atoms with Crippen LogP contribution in [-0.4, -0.2) is 57.1 Å². The minimum Gasteiger partial charge on any atom is -0.478 e. The maximum Gasteiger partial charge on any atom is 0.337 e.